The highest BCUT2D eigenvalue weighted by Crippen LogP contribution is 2.24. The molecule has 1 aromatic carbocycles. The number of rotatable bonds is 4. The molecule has 3 aromatic rings. The van der Waals surface area contributed by atoms with E-state index in [0.29, 0.717) is 0 Å². The number of nitrogens with zero attached hydrogens (tertiary/aromatic N) is 2. The van der Waals surface area contributed by atoms with Gasteiger partial charge in [-0.25, -0.2) is 9.97 Å². The third-order valence-electron chi connectivity index (χ3n) is 2.66. The summed E-state index contributed by atoms with van der Waals surface area (Å²) in [5, 5.41) is 4.15. The van der Waals surface area contributed by atoms with Crippen LogP contribution in [0.4, 0.5) is 0 Å². The number of hydrogen-bond acceptors (Lipinski definition) is 4. The third kappa shape index (κ3) is 3.05. The predicted molar refractivity (Wildman–Crippen MR) is 80.4 cm³/mol. The SMILES string of the molecule is Cc1nc(CSc2ncc(-c3ccccc3)[nH]2)cs1. The van der Waals surface area contributed by atoms with Crippen LogP contribution in [0.2, 0.25) is 0 Å². The molecule has 0 radical (unpaired) electrons. The first-order chi connectivity index (χ1) is 9.31. The Morgan fingerprint density at radius 1 is 1.26 bits per heavy atom. The lowest BCUT2D eigenvalue weighted by Crippen LogP contribution is -1.82. The summed E-state index contributed by atoms with van der Waals surface area (Å²) < 4.78 is 0. The molecule has 0 amide bonds. The molecule has 0 bridgehead atoms. The molecule has 1 N–H and O–H groups in total. The molecular weight excluding hydrogens is 274 g/mol. The zero-order valence-electron chi connectivity index (χ0n) is 10.5. The summed E-state index contributed by atoms with van der Waals surface area (Å²) in [6, 6.07) is 10.2. The van der Waals surface area contributed by atoms with Crippen LogP contribution in [0.3, 0.4) is 0 Å². The highest BCUT2D eigenvalue weighted by Gasteiger charge is 2.05. The summed E-state index contributed by atoms with van der Waals surface area (Å²) in [6.07, 6.45) is 1.88. The van der Waals surface area contributed by atoms with Crippen LogP contribution >= 0.6 is 23.1 Å². The molecule has 96 valence electrons. The number of aromatic nitrogens is 3. The van der Waals surface area contributed by atoms with Crippen molar-refractivity contribution in [2.24, 2.45) is 0 Å². The molecule has 3 nitrogen and oxygen atoms in total. The first kappa shape index (κ1) is 12.4. The minimum absolute atomic E-state index is 0.853. The van der Waals surface area contributed by atoms with Gasteiger partial charge in [-0.15, -0.1) is 11.3 Å². The van der Waals surface area contributed by atoms with Crippen LogP contribution in [0, 0.1) is 6.92 Å². The second-order valence-electron chi connectivity index (χ2n) is 4.11. The quantitative estimate of drug-likeness (QED) is 0.733. The molecular formula is C14H13N3S2. The van der Waals surface area contributed by atoms with Gasteiger partial charge in [0, 0.05) is 11.1 Å². The maximum absolute atomic E-state index is 4.45. The van der Waals surface area contributed by atoms with E-state index >= 15 is 0 Å². The van der Waals surface area contributed by atoms with E-state index in [2.05, 4.69) is 32.5 Å². The molecule has 2 heterocycles. The van der Waals surface area contributed by atoms with Crippen molar-refractivity contribution in [2.45, 2.75) is 17.8 Å². The van der Waals surface area contributed by atoms with E-state index in [9.17, 15) is 0 Å². The topological polar surface area (TPSA) is 41.6 Å². The zero-order chi connectivity index (χ0) is 13.1. The Labute approximate surface area is 120 Å². The fourth-order valence-electron chi connectivity index (χ4n) is 1.76. The van der Waals surface area contributed by atoms with Gasteiger partial charge in [-0.1, -0.05) is 42.1 Å². The first-order valence-corrected chi connectivity index (χ1v) is 7.82. The van der Waals surface area contributed by atoms with Crippen molar-refractivity contribution in [1.29, 1.82) is 0 Å². The lowest BCUT2D eigenvalue weighted by molar-refractivity contribution is 1.05. The van der Waals surface area contributed by atoms with Gasteiger partial charge < -0.3 is 4.98 Å². The predicted octanol–water partition coefficient (Wildman–Crippen LogP) is 4.13. The van der Waals surface area contributed by atoms with Crippen molar-refractivity contribution in [1.82, 2.24) is 15.0 Å². The molecule has 3 rings (SSSR count). The molecule has 0 aliphatic rings. The summed E-state index contributed by atoms with van der Waals surface area (Å²) in [4.78, 5) is 12.2. The number of aromatic amines is 1. The molecule has 19 heavy (non-hydrogen) atoms. The van der Waals surface area contributed by atoms with Gasteiger partial charge in [-0.05, 0) is 12.5 Å². The number of thiazole rings is 1. The highest BCUT2D eigenvalue weighted by molar-refractivity contribution is 7.98. The zero-order valence-corrected chi connectivity index (χ0v) is 12.1. The number of benzene rings is 1. The highest BCUT2D eigenvalue weighted by atomic mass is 32.2. The number of aryl methyl sites for hydroxylation is 1. The largest absolute Gasteiger partial charge is 0.333 e. The summed E-state index contributed by atoms with van der Waals surface area (Å²) >= 11 is 3.37. The van der Waals surface area contributed by atoms with E-state index in [1.165, 1.54) is 0 Å². The molecule has 0 spiro atoms. The molecule has 0 aliphatic heterocycles. The lowest BCUT2D eigenvalue weighted by Gasteiger charge is -1.96. The van der Waals surface area contributed by atoms with E-state index < -0.39 is 0 Å². The van der Waals surface area contributed by atoms with E-state index in [0.717, 1.165) is 32.9 Å². The lowest BCUT2D eigenvalue weighted by atomic mass is 10.2. The molecule has 5 heteroatoms. The van der Waals surface area contributed by atoms with Crippen LogP contribution in [0.5, 0.6) is 0 Å². The molecule has 0 saturated heterocycles. The van der Waals surface area contributed by atoms with Crippen molar-refractivity contribution >= 4 is 23.1 Å². The second-order valence-corrected chi connectivity index (χ2v) is 6.14. The molecule has 0 aliphatic carbocycles. The van der Waals surface area contributed by atoms with E-state index in [-0.39, 0.29) is 0 Å². The summed E-state index contributed by atoms with van der Waals surface area (Å²) in [5.74, 6) is 0.853. The third-order valence-corrected chi connectivity index (χ3v) is 4.40. The summed E-state index contributed by atoms with van der Waals surface area (Å²) in [5.41, 5.74) is 3.33. The van der Waals surface area contributed by atoms with Gasteiger partial charge in [0.2, 0.25) is 0 Å². The minimum atomic E-state index is 0.853. The Kier molecular flexibility index (Phi) is 3.66. The first-order valence-electron chi connectivity index (χ1n) is 5.95. The van der Waals surface area contributed by atoms with Crippen molar-refractivity contribution in [3.05, 3.63) is 52.6 Å². The molecule has 0 unspecified atom stereocenters. The van der Waals surface area contributed by atoms with E-state index in [4.69, 9.17) is 0 Å². The number of hydrogen-bond donors (Lipinski definition) is 1. The fourth-order valence-corrected chi connectivity index (χ4v) is 3.22. The van der Waals surface area contributed by atoms with Crippen molar-refractivity contribution in [3.8, 4) is 11.3 Å². The van der Waals surface area contributed by atoms with Gasteiger partial charge in [-0.2, -0.15) is 0 Å². The van der Waals surface area contributed by atoms with Crippen LogP contribution in [0.1, 0.15) is 10.7 Å². The Morgan fingerprint density at radius 2 is 2.11 bits per heavy atom. The number of H-pyrrole nitrogens is 1. The summed E-state index contributed by atoms with van der Waals surface area (Å²) in [6.45, 7) is 2.03. The van der Waals surface area contributed by atoms with Crippen molar-refractivity contribution in [3.63, 3.8) is 0 Å². The molecule has 2 aromatic heterocycles. The maximum atomic E-state index is 4.45. The van der Waals surface area contributed by atoms with E-state index in [1.54, 1.807) is 23.1 Å². The van der Waals surface area contributed by atoms with Gasteiger partial charge in [0.25, 0.3) is 0 Å². The van der Waals surface area contributed by atoms with Crippen LogP contribution in [0.15, 0.2) is 47.1 Å². The Balaban J connectivity index is 1.68. The monoisotopic (exact) mass is 287 g/mol. The van der Waals surface area contributed by atoms with Crippen LogP contribution in [0.25, 0.3) is 11.3 Å². The van der Waals surface area contributed by atoms with Gasteiger partial charge >= 0.3 is 0 Å². The Hall–Kier alpha value is -1.59. The van der Waals surface area contributed by atoms with Gasteiger partial charge in [0.1, 0.15) is 0 Å². The normalized spacial score (nSPS) is 10.8. The fraction of sp³-hybridized carbons (Fsp3) is 0.143. The van der Waals surface area contributed by atoms with Crippen LogP contribution < -0.4 is 0 Å². The molecule has 0 fully saturated rings. The minimum Gasteiger partial charge on any atom is -0.333 e. The van der Waals surface area contributed by atoms with Gasteiger partial charge in [-0.3, -0.25) is 0 Å². The standard InChI is InChI=1S/C14H13N3S2/c1-10-16-12(8-18-10)9-19-14-15-7-13(17-14)11-5-3-2-4-6-11/h2-8H,9H2,1H3,(H,15,17). The number of thioether (sulfide) groups is 1. The second kappa shape index (κ2) is 5.59. The molecule has 0 saturated carbocycles. The van der Waals surface area contributed by atoms with Crippen molar-refractivity contribution in [2.75, 3.05) is 0 Å². The van der Waals surface area contributed by atoms with Gasteiger partial charge in [0.05, 0.1) is 22.6 Å². The summed E-state index contributed by atoms with van der Waals surface area (Å²) in [7, 11) is 0. The van der Waals surface area contributed by atoms with E-state index in [1.807, 2.05) is 31.3 Å². The van der Waals surface area contributed by atoms with Crippen LogP contribution in [-0.2, 0) is 5.75 Å². The molecule has 0 atom stereocenters. The van der Waals surface area contributed by atoms with Gasteiger partial charge in [0.15, 0.2) is 5.16 Å². The Bertz CT molecular complexity index is 658. The Morgan fingerprint density at radius 3 is 2.84 bits per heavy atom. The smallest absolute Gasteiger partial charge is 0.166 e. The number of nitrogens with one attached hydrogen (secondary N) is 1. The van der Waals surface area contributed by atoms with Crippen LogP contribution in [-0.4, -0.2) is 15.0 Å². The maximum Gasteiger partial charge on any atom is 0.166 e. The average molecular weight is 287 g/mol. The number of imidazole rings is 1. The van der Waals surface area contributed by atoms with Crippen molar-refractivity contribution < 1.29 is 0 Å². The average Bonchev–Trinajstić information content (AvgIpc) is 3.06.